The standard InChI is InChI=1S/C11H11F3/c1-7-2-4-8(5-3-7)9-6-10(9)11(12,13)14/h2-5,9-10H,6H2,1H3/t9-,10+/m0/s1. The van der Waals surface area contributed by atoms with Crippen molar-refractivity contribution in [3.63, 3.8) is 0 Å². The van der Waals surface area contributed by atoms with Crippen molar-refractivity contribution >= 4 is 0 Å². The van der Waals surface area contributed by atoms with Crippen molar-refractivity contribution in [1.29, 1.82) is 0 Å². The molecule has 0 spiro atoms. The molecule has 0 unspecified atom stereocenters. The summed E-state index contributed by atoms with van der Waals surface area (Å²) >= 11 is 0. The maximum Gasteiger partial charge on any atom is 0.392 e. The molecule has 0 heterocycles. The number of halogens is 3. The Hall–Kier alpha value is -0.990. The van der Waals surface area contributed by atoms with E-state index in [-0.39, 0.29) is 12.3 Å². The van der Waals surface area contributed by atoms with Crippen LogP contribution in [0.2, 0.25) is 0 Å². The number of hydrogen-bond acceptors (Lipinski definition) is 0. The van der Waals surface area contributed by atoms with Gasteiger partial charge < -0.3 is 0 Å². The SMILES string of the molecule is Cc1ccc([C@@H]2C[C@H]2C(F)(F)F)cc1. The lowest BCUT2D eigenvalue weighted by Crippen LogP contribution is -2.11. The van der Waals surface area contributed by atoms with Crippen molar-refractivity contribution in [3.05, 3.63) is 35.4 Å². The zero-order valence-corrected chi connectivity index (χ0v) is 7.81. The second-order valence-electron chi connectivity index (χ2n) is 3.90. The van der Waals surface area contributed by atoms with E-state index < -0.39 is 12.1 Å². The van der Waals surface area contributed by atoms with E-state index in [2.05, 4.69) is 0 Å². The summed E-state index contributed by atoms with van der Waals surface area (Å²) in [6.07, 6.45) is -3.76. The molecule has 0 aromatic heterocycles. The fraction of sp³-hybridized carbons (Fsp3) is 0.455. The maximum absolute atomic E-state index is 12.3. The van der Waals surface area contributed by atoms with Crippen LogP contribution in [0.25, 0.3) is 0 Å². The normalized spacial score (nSPS) is 26.3. The predicted molar refractivity (Wildman–Crippen MR) is 48.1 cm³/mol. The Morgan fingerprint density at radius 3 is 2.14 bits per heavy atom. The number of aryl methyl sites for hydroxylation is 1. The average Bonchev–Trinajstić information content (AvgIpc) is 2.83. The van der Waals surface area contributed by atoms with E-state index in [0.29, 0.717) is 0 Å². The number of hydrogen-bond donors (Lipinski definition) is 0. The van der Waals surface area contributed by atoms with Crippen LogP contribution < -0.4 is 0 Å². The van der Waals surface area contributed by atoms with Crippen LogP contribution in [0.4, 0.5) is 13.2 Å². The average molecular weight is 200 g/mol. The lowest BCUT2D eigenvalue weighted by atomic mass is 10.1. The number of alkyl halides is 3. The van der Waals surface area contributed by atoms with E-state index in [4.69, 9.17) is 0 Å². The molecule has 0 saturated heterocycles. The van der Waals surface area contributed by atoms with Crippen LogP contribution in [-0.4, -0.2) is 6.18 Å². The van der Waals surface area contributed by atoms with Crippen molar-refractivity contribution in [2.45, 2.75) is 25.4 Å². The minimum absolute atomic E-state index is 0.257. The molecular formula is C11H11F3. The number of rotatable bonds is 1. The lowest BCUT2D eigenvalue weighted by molar-refractivity contribution is -0.148. The van der Waals surface area contributed by atoms with Crippen LogP contribution in [0.1, 0.15) is 23.5 Å². The van der Waals surface area contributed by atoms with Crippen molar-refractivity contribution in [3.8, 4) is 0 Å². The van der Waals surface area contributed by atoms with E-state index in [9.17, 15) is 13.2 Å². The van der Waals surface area contributed by atoms with Gasteiger partial charge in [-0.15, -0.1) is 0 Å². The molecule has 1 aromatic rings. The zero-order valence-electron chi connectivity index (χ0n) is 7.81. The van der Waals surface area contributed by atoms with Crippen LogP contribution in [0, 0.1) is 12.8 Å². The minimum atomic E-state index is -4.02. The van der Waals surface area contributed by atoms with Gasteiger partial charge in [-0.3, -0.25) is 0 Å². The first-order valence-corrected chi connectivity index (χ1v) is 4.62. The molecule has 1 aromatic carbocycles. The molecule has 14 heavy (non-hydrogen) atoms. The van der Waals surface area contributed by atoms with Gasteiger partial charge in [0, 0.05) is 0 Å². The number of benzene rings is 1. The van der Waals surface area contributed by atoms with Crippen LogP contribution >= 0.6 is 0 Å². The summed E-state index contributed by atoms with van der Waals surface area (Å²) in [6, 6.07) is 7.32. The first-order chi connectivity index (χ1) is 6.48. The second kappa shape index (κ2) is 3.01. The summed E-state index contributed by atoms with van der Waals surface area (Å²) in [7, 11) is 0. The maximum atomic E-state index is 12.3. The molecule has 3 heteroatoms. The summed E-state index contributed by atoms with van der Waals surface area (Å²) in [5, 5.41) is 0. The summed E-state index contributed by atoms with van der Waals surface area (Å²) in [5.74, 6) is -1.40. The molecule has 1 saturated carbocycles. The van der Waals surface area contributed by atoms with Gasteiger partial charge >= 0.3 is 6.18 Å². The largest absolute Gasteiger partial charge is 0.392 e. The highest BCUT2D eigenvalue weighted by Crippen LogP contribution is 2.55. The van der Waals surface area contributed by atoms with Crippen LogP contribution in [-0.2, 0) is 0 Å². The molecule has 0 aliphatic heterocycles. The first-order valence-electron chi connectivity index (χ1n) is 4.62. The van der Waals surface area contributed by atoms with Gasteiger partial charge in [0.1, 0.15) is 0 Å². The first kappa shape index (κ1) is 9.56. The van der Waals surface area contributed by atoms with Gasteiger partial charge in [0.2, 0.25) is 0 Å². The van der Waals surface area contributed by atoms with E-state index in [1.165, 1.54) is 0 Å². The Morgan fingerprint density at radius 1 is 1.14 bits per heavy atom. The molecule has 0 radical (unpaired) electrons. The monoisotopic (exact) mass is 200 g/mol. The fourth-order valence-corrected chi connectivity index (χ4v) is 1.74. The van der Waals surface area contributed by atoms with E-state index in [1.54, 1.807) is 12.1 Å². The van der Waals surface area contributed by atoms with Gasteiger partial charge in [0.15, 0.2) is 0 Å². The Kier molecular flexibility index (Phi) is 2.05. The Bertz CT molecular complexity index is 323. The van der Waals surface area contributed by atoms with Gasteiger partial charge in [-0.2, -0.15) is 13.2 Å². The molecule has 76 valence electrons. The van der Waals surface area contributed by atoms with E-state index in [1.807, 2.05) is 19.1 Å². The zero-order chi connectivity index (χ0) is 10.3. The molecule has 0 bridgehead atoms. The quantitative estimate of drug-likeness (QED) is 0.649. The predicted octanol–water partition coefficient (Wildman–Crippen LogP) is 3.66. The molecule has 1 aliphatic rings. The minimum Gasteiger partial charge on any atom is -0.171 e. The molecule has 2 atom stereocenters. The third-order valence-corrected chi connectivity index (χ3v) is 2.72. The summed E-state index contributed by atoms with van der Waals surface area (Å²) < 4.78 is 36.8. The van der Waals surface area contributed by atoms with Crippen molar-refractivity contribution in [2.75, 3.05) is 0 Å². The van der Waals surface area contributed by atoms with Crippen molar-refractivity contribution in [1.82, 2.24) is 0 Å². The molecule has 1 fully saturated rings. The molecule has 0 N–H and O–H groups in total. The van der Waals surface area contributed by atoms with Crippen molar-refractivity contribution in [2.24, 2.45) is 5.92 Å². The Labute approximate surface area is 80.7 Å². The summed E-state index contributed by atoms with van der Waals surface area (Å²) in [4.78, 5) is 0. The molecule has 0 amide bonds. The Balaban J connectivity index is 2.10. The Morgan fingerprint density at radius 2 is 1.71 bits per heavy atom. The van der Waals surface area contributed by atoms with Crippen LogP contribution in [0.15, 0.2) is 24.3 Å². The smallest absolute Gasteiger partial charge is 0.171 e. The highest BCUT2D eigenvalue weighted by Gasteiger charge is 2.55. The van der Waals surface area contributed by atoms with Crippen molar-refractivity contribution < 1.29 is 13.2 Å². The molecular weight excluding hydrogens is 189 g/mol. The van der Waals surface area contributed by atoms with Gasteiger partial charge in [-0.25, -0.2) is 0 Å². The second-order valence-corrected chi connectivity index (χ2v) is 3.90. The van der Waals surface area contributed by atoms with Gasteiger partial charge in [-0.1, -0.05) is 29.8 Å². The van der Waals surface area contributed by atoms with Gasteiger partial charge in [0.05, 0.1) is 5.92 Å². The van der Waals surface area contributed by atoms with E-state index >= 15 is 0 Å². The highest BCUT2D eigenvalue weighted by atomic mass is 19.4. The van der Waals surface area contributed by atoms with E-state index in [0.717, 1.165) is 11.1 Å². The summed E-state index contributed by atoms with van der Waals surface area (Å²) in [6.45, 7) is 1.93. The van der Waals surface area contributed by atoms with Crippen LogP contribution in [0.3, 0.4) is 0 Å². The molecule has 0 nitrogen and oxygen atoms in total. The third kappa shape index (κ3) is 1.76. The van der Waals surface area contributed by atoms with Gasteiger partial charge in [-0.05, 0) is 24.8 Å². The van der Waals surface area contributed by atoms with Gasteiger partial charge in [0.25, 0.3) is 0 Å². The highest BCUT2D eigenvalue weighted by molar-refractivity contribution is 5.29. The van der Waals surface area contributed by atoms with Crippen LogP contribution in [0.5, 0.6) is 0 Å². The lowest BCUT2D eigenvalue weighted by Gasteiger charge is -2.05. The topological polar surface area (TPSA) is 0 Å². The third-order valence-electron chi connectivity index (χ3n) is 2.72. The summed E-state index contributed by atoms with van der Waals surface area (Å²) in [5.41, 5.74) is 1.90. The molecule has 2 rings (SSSR count). The molecule has 1 aliphatic carbocycles. The fourth-order valence-electron chi connectivity index (χ4n) is 1.74.